The molecule has 112 valence electrons. The first-order chi connectivity index (χ1) is 10.0. The molecule has 2 rings (SSSR count). The van der Waals surface area contributed by atoms with Crippen molar-refractivity contribution in [1.29, 1.82) is 0 Å². The molecular formula is C13H13BrN2O4S. The Morgan fingerprint density at radius 1 is 1.38 bits per heavy atom. The number of nitrogens with zero attached hydrogens (tertiary/aromatic N) is 1. The summed E-state index contributed by atoms with van der Waals surface area (Å²) in [6.45, 7) is 1.53. The van der Waals surface area contributed by atoms with E-state index < -0.39 is 22.5 Å². The molecule has 1 heterocycles. The number of halogens is 1. The maximum atomic E-state index is 12.1. The highest BCUT2D eigenvalue weighted by Crippen LogP contribution is 2.28. The quantitative estimate of drug-likeness (QED) is 0.800. The molecule has 2 amide bonds. The Morgan fingerprint density at radius 3 is 2.67 bits per heavy atom. The lowest BCUT2D eigenvalue weighted by Gasteiger charge is -2.14. The number of benzene rings is 1. The molecule has 1 atom stereocenters. The topological polar surface area (TPSA) is 75.7 Å². The van der Waals surface area contributed by atoms with Crippen LogP contribution in [0, 0.1) is 0 Å². The van der Waals surface area contributed by atoms with Crippen LogP contribution >= 0.6 is 27.7 Å². The Bertz CT molecular complexity index is 564. The molecule has 1 aromatic rings. The molecule has 0 unspecified atom stereocenters. The fraction of sp³-hybridized carbons (Fsp3) is 0.308. The van der Waals surface area contributed by atoms with Crippen LogP contribution in [0.3, 0.4) is 0 Å². The molecule has 6 nitrogen and oxygen atoms in total. The summed E-state index contributed by atoms with van der Waals surface area (Å²) in [6.07, 6.45) is 0. The average Bonchev–Trinajstić information content (AvgIpc) is 2.69. The van der Waals surface area contributed by atoms with E-state index in [4.69, 9.17) is 4.74 Å². The largest absolute Gasteiger partial charge is 0.465 e. The number of thioether (sulfide) groups is 1. The minimum absolute atomic E-state index is 0.211. The van der Waals surface area contributed by atoms with Crippen molar-refractivity contribution in [2.24, 2.45) is 0 Å². The number of nitrogens with one attached hydrogen (secondary N) is 1. The summed E-state index contributed by atoms with van der Waals surface area (Å²) >= 11 is 4.17. The number of rotatable bonds is 5. The number of ether oxygens (including phenoxy) is 1. The normalized spacial score (nSPS) is 18.0. The molecule has 1 aromatic carbocycles. The Kier molecular flexibility index (Phi) is 5.24. The third-order valence-electron chi connectivity index (χ3n) is 2.66. The van der Waals surface area contributed by atoms with Gasteiger partial charge in [-0.1, -0.05) is 15.9 Å². The van der Waals surface area contributed by atoms with E-state index in [2.05, 4.69) is 21.2 Å². The predicted molar refractivity (Wildman–Crippen MR) is 82.9 cm³/mol. The summed E-state index contributed by atoms with van der Waals surface area (Å²) in [4.78, 5) is 36.2. The van der Waals surface area contributed by atoms with Gasteiger partial charge in [0, 0.05) is 10.2 Å². The first-order valence-electron chi connectivity index (χ1n) is 6.21. The lowest BCUT2D eigenvalue weighted by Crippen LogP contribution is -2.38. The van der Waals surface area contributed by atoms with Crippen LogP contribution < -0.4 is 5.32 Å². The van der Waals surface area contributed by atoms with Crippen LogP contribution in [-0.2, 0) is 14.3 Å². The van der Waals surface area contributed by atoms with Crippen molar-refractivity contribution in [2.45, 2.75) is 12.3 Å². The Morgan fingerprint density at radius 2 is 2.05 bits per heavy atom. The van der Waals surface area contributed by atoms with Crippen LogP contribution in [0.5, 0.6) is 0 Å². The highest BCUT2D eigenvalue weighted by atomic mass is 79.9. The van der Waals surface area contributed by atoms with E-state index in [1.807, 2.05) is 12.1 Å². The second kappa shape index (κ2) is 6.95. The number of imide groups is 1. The number of carbonyl (C=O) groups is 3. The van der Waals surface area contributed by atoms with Gasteiger partial charge in [-0.2, -0.15) is 0 Å². The van der Waals surface area contributed by atoms with Crippen LogP contribution in [0.4, 0.5) is 10.5 Å². The van der Waals surface area contributed by atoms with Gasteiger partial charge in [-0.25, -0.2) is 0 Å². The lowest BCUT2D eigenvalue weighted by atomic mass is 10.3. The van der Waals surface area contributed by atoms with Crippen LogP contribution in [0.25, 0.3) is 0 Å². The maximum Gasteiger partial charge on any atom is 0.326 e. The number of anilines is 1. The highest BCUT2D eigenvalue weighted by Gasteiger charge is 2.40. The molecule has 8 heteroatoms. The number of hydrogen-bond donors (Lipinski definition) is 1. The van der Waals surface area contributed by atoms with Crippen LogP contribution in [0.15, 0.2) is 28.7 Å². The zero-order valence-electron chi connectivity index (χ0n) is 11.2. The summed E-state index contributed by atoms with van der Waals surface area (Å²) in [5, 5.41) is 1.78. The van der Waals surface area contributed by atoms with Crippen molar-refractivity contribution in [3.05, 3.63) is 28.7 Å². The average molecular weight is 373 g/mol. The van der Waals surface area contributed by atoms with Crippen LogP contribution in [-0.4, -0.2) is 40.5 Å². The zero-order valence-corrected chi connectivity index (χ0v) is 13.6. The number of hydrogen-bond acceptors (Lipinski definition) is 6. The summed E-state index contributed by atoms with van der Waals surface area (Å²) in [6, 6.07) is 7.22. The van der Waals surface area contributed by atoms with Gasteiger partial charge >= 0.3 is 5.97 Å². The van der Waals surface area contributed by atoms with Gasteiger partial charge < -0.3 is 10.1 Å². The first kappa shape index (κ1) is 15.8. The van der Waals surface area contributed by atoms with Crippen molar-refractivity contribution in [2.75, 3.05) is 18.5 Å². The molecule has 0 aromatic heterocycles. The fourth-order valence-electron chi connectivity index (χ4n) is 1.71. The van der Waals surface area contributed by atoms with Crippen molar-refractivity contribution in [3.63, 3.8) is 0 Å². The van der Waals surface area contributed by atoms with Crippen LogP contribution in [0.2, 0.25) is 0 Å². The summed E-state index contributed by atoms with van der Waals surface area (Å²) in [7, 11) is 0. The molecular weight excluding hydrogens is 360 g/mol. The maximum absolute atomic E-state index is 12.1. The van der Waals surface area contributed by atoms with E-state index in [-0.39, 0.29) is 13.2 Å². The summed E-state index contributed by atoms with van der Waals surface area (Å²) in [5.41, 5.74) is 0.717. The van der Waals surface area contributed by atoms with Gasteiger partial charge in [0.05, 0.1) is 6.61 Å². The second-order valence-corrected chi connectivity index (χ2v) is 6.12. The van der Waals surface area contributed by atoms with Gasteiger partial charge in [-0.3, -0.25) is 19.3 Å². The molecule has 0 spiro atoms. The summed E-state index contributed by atoms with van der Waals surface area (Å²) in [5.74, 6) is -1.04. The van der Waals surface area contributed by atoms with E-state index in [0.717, 1.165) is 26.8 Å². The summed E-state index contributed by atoms with van der Waals surface area (Å²) < 4.78 is 5.66. The minimum atomic E-state index is -0.729. The smallest absolute Gasteiger partial charge is 0.326 e. The Labute approximate surface area is 134 Å². The molecule has 0 bridgehead atoms. The van der Waals surface area contributed by atoms with Gasteiger partial charge in [0.1, 0.15) is 6.54 Å². The van der Waals surface area contributed by atoms with Gasteiger partial charge in [-0.05, 0) is 43.0 Å². The second-order valence-electron chi connectivity index (χ2n) is 4.14. The van der Waals surface area contributed by atoms with Crippen molar-refractivity contribution in [1.82, 2.24) is 4.90 Å². The number of esters is 1. The molecule has 1 aliphatic heterocycles. The highest BCUT2D eigenvalue weighted by molar-refractivity contribution is 9.10. The van der Waals surface area contributed by atoms with Gasteiger partial charge in [-0.15, -0.1) is 0 Å². The molecule has 0 saturated carbocycles. The first-order valence-corrected chi connectivity index (χ1v) is 7.88. The standard InChI is InChI=1S/C13H13BrN2O4S/c1-2-20-10(17)7-16-12(18)11(21-13(16)19)15-9-5-3-8(14)4-6-9/h3-6,11,15H,2,7H2,1H3/t11-/m1/s1. The van der Waals surface area contributed by atoms with E-state index in [1.165, 1.54) is 0 Å². The monoisotopic (exact) mass is 372 g/mol. The molecule has 1 aliphatic rings. The van der Waals surface area contributed by atoms with E-state index >= 15 is 0 Å². The molecule has 1 fully saturated rings. The van der Waals surface area contributed by atoms with Crippen molar-refractivity contribution in [3.8, 4) is 0 Å². The van der Waals surface area contributed by atoms with Gasteiger partial charge in [0.15, 0.2) is 5.37 Å². The molecule has 21 heavy (non-hydrogen) atoms. The minimum Gasteiger partial charge on any atom is -0.465 e. The van der Waals surface area contributed by atoms with Gasteiger partial charge in [0.2, 0.25) is 0 Å². The molecule has 1 N–H and O–H groups in total. The zero-order chi connectivity index (χ0) is 15.4. The number of carbonyl (C=O) groups excluding carboxylic acids is 3. The lowest BCUT2D eigenvalue weighted by molar-refractivity contribution is -0.146. The number of amides is 2. The van der Waals surface area contributed by atoms with E-state index in [1.54, 1.807) is 19.1 Å². The third-order valence-corrected chi connectivity index (χ3v) is 4.17. The Balaban J connectivity index is 2.00. The van der Waals surface area contributed by atoms with Crippen molar-refractivity contribution >= 4 is 50.5 Å². The predicted octanol–water partition coefficient (Wildman–Crippen LogP) is 2.45. The SMILES string of the molecule is CCOC(=O)CN1C(=O)S[C@@H](Nc2ccc(Br)cc2)C1=O. The van der Waals surface area contributed by atoms with E-state index in [9.17, 15) is 14.4 Å². The molecule has 0 aliphatic carbocycles. The van der Waals surface area contributed by atoms with Crippen LogP contribution in [0.1, 0.15) is 6.92 Å². The third kappa shape index (κ3) is 3.98. The Hall–Kier alpha value is -1.54. The fourth-order valence-corrected chi connectivity index (χ4v) is 2.88. The molecule has 1 saturated heterocycles. The van der Waals surface area contributed by atoms with E-state index in [0.29, 0.717) is 0 Å². The van der Waals surface area contributed by atoms with Crippen molar-refractivity contribution < 1.29 is 19.1 Å². The molecule has 0 radical (unpaired) electrons. The van der Waals surface area contributed by atoms with Gasteiger partial charge in [0.25, 0.3) is 11.1 Å².